The Morgan fingerprint density at radius 1 is 0.741 bits per heavy atom. The highest BCUT2D eigenvalue weighted by molar-refractivity contribution is 5.81. The lowest BCUT2D eigenvalue weighted by Gasteiger charge is -2.29. The van der Waals surface area contributed by atoms with Gasteiger partial charge < -0.3 is 19.6 Å². The number of methoxy groups -OCH3 is 2. The molecule has 4 heteroatoms. The largest absolute Gasteiger partial charge is 0.497 e. The van der Waals surface area contributed by atoms with Gasteiger partial charge in [0, 0.05) is 5.52 Å². The first-order chi connectivity index (χ1) is 13.1. The number of aliphatic hydroxyl groups is 1. The fourth-order valence-electron chi connectivity index (χ4n) is 3.41. The summed E-state index contributed by atoms with van der Waals surface area (Å²) in [6.45, 7) is 0. The van der Waals surface area contributed by atoms with Gasteiger partial charge in [-0.05, 0) is 52.9 Å². The molecule has 1 aromatic heterocycles. The molecule has 1 heterocycles. The van der Waals surface area contributed by atoms with E-state index in [-0.39, 0.29) is 0 Å². The topological polar surface area (TPSA) is 54.5 Å². The third-order valence-electron chi connectivity index (χ3n) is 4.94. The van der Waals surface area contributed by atoms with Gasteiger partial charge in [-0.3, -0.25) is 0 Å². The van der Waals surface area contributed by atoms with Crippen LogP contribution in [0.4, 0.5) is 0 Å². The first kappa shape index (κ1) is 17.2. The van der Waals surface area contributed by atoms with Crippen molar-refractivity contribution >= 4 is 10.9 Å². The van der Waals surface area contributed by atoms with Gasteiger partial charge in [-0.2, -0.15) is 0 Å². The van der Waals surface area contributed by atoms with Crippen LogP contribution in [0.5, 0.6) is 11.5 Å². The number of para-hydroxylation sites is 1. The number of aromatic amines is 1. The number of ether oxygens (including phenoxy) is 2. The summed E-state index contributed by atoms with van der Waals surface area (Å²) in [6, 6.07) is 24.9. The summed E-state index contributed by atoms with van der Waals surface area (Å²) in [5.74, 6) is 1.49. The van der Waals surface area contributed by atoms with Crippen molar-refractivity contribution in [1.82, 2.24) is 4.98 Å². The molecule has 0 saturated carbocycles. The van der Waals surface area contributed by atoms with Crippen LogP contribution in [0.1, 0.15) is 16.8 Å². The summed E-state index contributed by atoms with van der Waals surface area (Å²) in [4.78, 5) is 3.38. The van der Waals surface area contributed by atoms with Gasteiger partial charge in [-0.1, -0.05) is 42.5 Å². The lowest BCUT2D eigenvalue weighted by molar-refractivity contribution is 0.121. The molecule has 0 spiro atoms. The van der Waals surface area contributed by atoms with Crippen molar-refractivity contribution in [2.45, 2.75) is 5.60 Å². The average Bonchev–Trinajstić information content (AvgIpc) is 3.18. The van der Waals surface area contributed by atoms with E-state index in [4.69, 9.17) is 9.47 Å². The molecule has 0 aliphatic carbocycles. The molecule has 0 bridgehead atoms. The first-order valence-corrected chi connectivity index (χ1v) is 8.75. The molecule has 0 unspecified atom stereocenters. The molecule has 0 amide bonds. The maximum atomic E-state index is 11.9. The monoisotopic (exact) mass is 359 g/mol. The van der Waals surface area contributed by atoms with Gasteiger partial charge in [0.15, 0.2) is 5.60 Å². The number of aromatic nitrogens is 1. The molecule has 4 rings (SSSR count). The third kappa shape index (κ3) is 2.94. The second kappa shape index (κ2) is 6.82. The van der Waals surface area contributed by atoms with E-state index in [0.29, 0.717) is 5.69 Å². The summed E-state index contributed by atoms with van der Waals surface area (Å²) < 4.78 is 10.5. The molecule has 4 nitrogen and oxygen atoms in total. The Balaban J connectivity index is 1.92. The second-order valence-electron chi connectivity index (χ2n) is 6.44. The zero-order chi connectivity index (χ0) is 18.9. The molecular formula is C23H21NO3. The van der Waals surface area contributed by atoms with Gasteiger partial charge in [0.2, 0.25) is 0 Å². The molecular weight excluding hydrogens is 338 g/mol. The molecule has 0 aliphatic rings. The molecule has 0 aliphatic heterocycles. The first-order valence-electron chi connectivity index (χ1n) is 8.75. The van der Waals surface area contributed by atoms with Crippen molar-refractivity contribution in [2.75, 3.05) is 14.2 Å². The number of hydrogen-bond donors (Lipinski definition) is 2. The van der Waals surface area contributed by atoms with Crippen LogP contribution in [0, 0.1) is 0 Å². The van der Waals surface area contributed by atoms with E-state index in [0.717, 1.165) is 33.5 Å². The Morgan fingerprint density at radius 2 is 1.26 bits per heavy atom. The third-order valence-corrected chi connectivity index (χ3v) is 4.94. The average molecular weight is 359 g/mol. The molecule has 0 fully saturated rings. The van der Waals surface area contributed by atoms with E-state index >= 15 is 0 Å². The Morgan fingerprint density at radius 3 is 1.74 bits per heavy atom. The number of H-pyrrole nitrogens is 1. The van der Waals surface area contributed by atoms with Crippen LogP contribution in [-0.2, 0) is 5.60 Å². The van der Waals surface area contributed by atoms with Gasteiger partial charge in [-0.25, -0.2) is 0 Å². The van der Waals surface area contributed by atoms with Gasteiger partial charge in [0.1, 0.15) is 11.5 Å². The predicted octanol–water partition coefficient (Wildman–Crippen LogP) is 4.47. The smallest absolute Gasteiger partial charge is 0.155 e. The van der Waals surface area contributed by atoms with Crippen LogP contribution in [-0.4, -0.2) is 24.3 Å². The summed E-state index contributed by atoms with van der Waals surface area (Å²) in [7, 11) is 3.25. The minimum Gasteiger partial charge on any atom is -0.497 e. The Hall–Kier alpha value is -3.24. The molecule has 2 N–H and O–H groups in total. The maximum absolute atomic E-state index is 11.9. The zero-order valence-corrected chi connectivity index (χ0v) is 15.3. The normalized spacial score (nSPS) is 11.5. The number of rotatable bonds is 5. The molecule has 0 atom stereocenters. The van der Waals surface area contributed by atoms with Gasteiger partial charge in [0.25, 0.3) is 0 Å². The van der Waals surface area contributed by atoms with Crippen LogP contribution in [0.3, 0.4) is 0 Å². The molecule has 0 saturated heterocycles. The van der Waals surface area contributed by atoms with Crippen molar-refractivity contribution in [3.8, 4) is 11.5 Å². The van der Waals surface area contributed by atoms with Crippen LogP contribution in [0.2, 0.25) is 0 Å². The number of fused-ring (bicyclic) bond motifs is 1. The Bertz CT molecular complexity index is 969. The number of benzene rings is 3. The van der Waals surface area contributed by atoms with E-state index < -0.39 is 5.60 Å². The highest BCUT2D eigenvalue weighted by Crippen LogP contribution is 2.38. The van der Waals surface area contributed by atoms with E-state index in [1.807, 2.05) is 78.9 Å². The van der Waals surface area contributed by atoms with E-state index in [1.54, 1.807) is 14.2 Å². The highest BCUT2D eigenvalue weighted by Gasteiger charge is 2.35. The van der Waals surface area contributed by atoms with Crippen molar-refractivity contribution in [3.63, 3.8) is 0 Å². The standard InChI is InChI=1S/C23H21NO3/c1-26-19-11-7-17(8-12-19)23(25,18-9-13-20(27-2)14-10-18)22-15-16-5-3-4-6-21(16)24-22/h3-15,24-25H,1-2H3. The second-order valence-corrected chi connectivity index (χ2v) is 6.44. The summed E-state index contributed by atoms with van der Waals surface area (Å²) >= 11 is 0. The molecule has 4 aromatic rings. The van der Waals surface area contributed by atoms with Crippen molar-refractivity contribution in [1.29, 1.82) is 0 Å². The summed E-state index contributed by atoms with van der Waals surface area (Å²) in [5, 5.41) is 13.0. The van der Waals surface area contributed by atoms with E-state index in [1.165, 1.54) is 0 Å². The SMILES string of the molecule is COc1ccc(C(O)(c2ccc(OC)cc2)c2cc3ccccc3[nH]2)cc1. The molecule has 3 aromatic carbocycles. The minimum absolute atomic E-state index is 0.707. The van der Waals surface area contributed by atoms with Gasteiger partial charge >= 0.3 is 0 Å². The van der Waals surface area contributed by atoms with Crippen molar-refractivity contribution in [3.05, 3.63) is 95.7 Å². The fourth-order valence-corrected chi connectivity index (χ4v) is 3.41. The molecule has 136 valence electrons. The van der Waals surface area contributed by atoms with E-state index in [2.05, 4.69) is 4.98 Å². The number of nitrogens with one attached hydrogen (secondary N) is 1. The van der Waals surface area contributed by atoms with Gasteiger partial charge in [0.05, 0.1) is 19.9 Å². The van der Waals surface area contributed by atoms with Crippen molar-refractivity contribution < 1.29 is 14.6 Å². The van der Waals surface area contributed by atoms with Crippen LogP contribution in [0.25, 0.3) is 10.9 Å². The number of hydrogen-bond acceptors (Lipinski definition) is 3. The zero-order valence-electron chi connectivity index (χ0n) is 15.3. The Kier molecular flexibility index (Phi) is 4.34. The quantitative estimate of drug-likeness (QED) is 0.553. The van der Waals surface area contributed by atoms with Crippen molar-refractivity contribution in [2.24, 2.45) is 0 Å². The lowest BCUT2D eigenvalue weighted by atomic mass is 9.83. The molecule has 27 heavy (non-hydrogen) atoms. The predicted molar refractivity (Wildman–Crippen MR) is 106 cm³/mol. The fraction of sp³-hybridized carbons (Fsp3) is 0.130. The van der Waals surface area contributed by atoms with Crippen LogP contribution < -0.4 is 9.47 Å². The summed E-state index contributed by atoms with van der Waals surface area (Å²) in [6.07, 6.45) is 0. The summed E-state index contributed by atoms with van der Waals surface area (Å²) in [5.41, 5.74) is 1.85. The Labute approximate surface area is 158 Å². The van der Waals surface area contributed by atoms with E-state index in [9.17, 15) is 5.11 Å². The lowest BCUT2D eigenvalue weighted by Crippen LogP contribution is -2.29. The highest BCUT2D eigenvalue weighted by atomic mass is 16.5. The van der Waals surface area contributed by atoms with Gasteiger partial charge in [-0.15, -0.1) is 0 Å². The minimum atomic E-state index is -1.34. The maximum Gasteiger partial charge on any atom is 0.155 e. The van der Waals surface area contributed by atoms with Crippen LogP contribution in [0.15, 0.2) is 78.9 Å². The molecule has 0 radical (unpaired) electrons. The van der Waals surface area contributed by atoms with Crippen LogP contribution >= 0.6 is 0 Å².